The molecule has 0 unspecified atom stereocenters. The highest BCUT2D eigenvalue weighted by Crippen LogP contribution is 2.42. The van der Waals surface area contributed by atoms with Crippen molar-refractivity contribution >= 4 is 11.9 Å². The number of anilines is 1. The standard InChI is InChI=1S/C17H18FN5O2/c18-13-7-21-16(22-8-13)23-5-3-17(11-23)12(6-20-15(17)24)10-25-14-2-1-4-19-9-14/h1-2,4,7-9,12H,3,5-6,10-11H2,(H,20,24)/t12-,17+/m0/s1. The average molecular weight is 343 g/mol. The summed E-state index contributed by atoms with van der Waals surface area (Å²) in [5.41, 5.74) is -0.528. The van der Waals surface area contributed by atoms with Crippen LogP contribution in [0, 0.1) is 17.2 Å². The second-order valence-electron chi connectivity index (χ2n) is 6.44. The first-order chi connectivity index (χ1) is 12.2. The molecule has 0 bridgehead atoms. The molecule has 1 amide bonds. The maximum atomic E-state index is 13.0. The number of rotatable bonds is 4. The number of carbonyl (C=O) groups is 1. The molecule has 0 aliphatic carbocycles. The highest BCUT2D eigenvalue weighted by atomic mass is 19.1. The molecule has 130 valence electrons. The Bertz CT molecular complexity index is 757. The first-order valence-corrected chi connectivity index (χ1v) is 8.21. The van der Waals surface area contributed by atoms with E-state index in [0.717, 1.165) is 12.4 Å². The third-order valence-electron chi connectivity index (χ3n) is 5.02. The third-order valence-corrected chi connectivity index (χ3v) is 5.02. The summed E-state index contributed by atoms with van der Waals surface area (Å²) in [5, 5.41) is 2.96. The van der Waals surface area contributed by atoms with Crippen LogP contribution in [-0.4, -0.2) is 47.1 Å². The van der Waals surface area contributed by atoms with E-state index >= 15 is 0 Å². The van der Waals surface area contributed by atoms with Crippen molar-refractivity contribution in [2.45, 2.75) is 6.42 Å². The lowest BCUT2D eigenvalue weighted by Crippen LogP contribution is -2.40. The molecule has 2 fully saturated rings. The molecular weight excluding hydrogens is 325 g/mol. The molecule has 2 saturated heterocycles. The number of aromatic nitrogens is 3. The van der Waals surface area contributed by atoms with Gasteiger partial charge in [-0.15, -0.1) is 0 Å². The van der Waals surface area contributed by atoms with Crippen LogP contribution >= 0.6 is 0 Å². The summed E-state index contributed by atoms with van der Waals surface area (Å²) in [7, 11) is 0. The number of hydrogen-bond donors (Lipinski definition) is 1. The van der Waals surface area contributed by atoms with E-state index in [-0.39, 0.29) is 11.8 Å². The summed E-state index contributed by atoms with van der Waals surface area (Å²) >= 11 is 0. The Morgan fingerprint density at radius 1 is 1.36 bits per heavy atom. The van der Waals surface area contributed by atoms with Crippen molar-refractivity contribution in [3.05, 3.63) is 42.7 Å². The normalized spacial score (nSPS) is 25.4. The van der Waals surface area contributed by atoms with Gasteiger partial charge in [-0.2, -0.15) is 0 Å². The topological polar surface area (TPSA) is 80.2 Å². The van der Waals surface area contributed by atoms with E-state index in [1.807, 2.05) is 17.0 Å². The number of nitrogens with zero attached hydrogens (tertiary/aromatic N) is 4. The van der Waals surface area contributed by atoms with Gasteiger partial charge in [-0.05, 0) is 18.6 Å². The van der Waals surface area contributed by atoms with Gasteiger partial charge in [0.05, 0.1) is 30.6 Å². The van der Waals surface area contributed by atoms with Crippen LogP contribution in [0.15, 0.2) is 36.9 Å². The molecule has 2 aromatic heterocycles. The van der Waals surface area contributed by atoms with Gasteiger partial charge in [0, 0.05) is 31.7 Å². The minimum absolute atomic E-state index is 0.0388. The largest absolute Gasteiger partial charge is 0.492 e. The van der Waals surface area contributed by atoms with Gasteiger partial charge in [0.15, 0.2) is 5.82 Å². The van der Waals surface area contributed by atoms with Crippen molar-refractivity contribution in [2.75, 3.05) is 31.1 Å². The first-order valence-electron chi connectivity index (χ1n) is 8.21. The summed E-state index contributed by atoms with van der Waals surface area (Å²) < 4.78 is 18.9. The Morgan fingerprint density at radius 2 is 2.20 bits per heavy atom. The van der Waals surface area contributed by atoms with Crippen molar-refractivity contribution in [2.24, 2.45) is 11.3 Å². The lowest BCUT2D eigenvalue weighted by molar-refractivity contribution is -0.128. The highest BCUT2D eigenvalue weighted by molar-refractivity contribution is 5.86. The van der Waals surface area contributed by atoms with E-state index in [4.69, 9.17) is 4.74 Å². The predicted molar refractivity (Wildman–Crippen MR) is 87.5 cm³/mol. The van der Waals surface area contributed by atoms with Crippen LogP contribution in [0.2, 0.25) is 0 Å². The molecule has 0 saturated carbocycles. The molecule has 4 heterocycles. The fraction of sp³-hybridized carbons (Fsp3) is 0.412. The van der Waals surface area contributed by atoms with Crippen molar-refractivity contribution in [3.63, 3.8) is 0 Å². The molecule has 1 N–H and O–H groups in total. The summed E-state index contributed by atoms with van der Waals surface area (Å²) in [6.07, 6.45) is 6.33. The van der Waals surface area contributed by atoms with Gasteiger partial charge in [-0.3, -0.25) is 9.78 Å². The molecule has 2 aliphatic rings. The molecule has 2 aromatic rings. The number of hydrogen-bond acceptors (Lipinski definition) is 6. The number of carbonyl (C=O) groups excluding carboxylic acids is 1. The van der Waals surface area contributed by atoms with Crippen molar-refractivity contribution < 1.29 is 13.9 Å². The van der Waals surface area contributed by atoms with Crippen LogP contribution in [-0.2, 0) is 4.79 Å². The smallest absolute Gasteiger partial charge is 0.228 e. The Kier molecular flexibility index (Phi) is 3.95. The minimum Gasteiger partial charge on any atom is -0.492 e. The van der Waals surface area contributed by atoms with Crippen molar-refractivity contribution in [1.82, 2.24) is 20.3 Å². The maximum absolute atomic E-state index is 13.0. The SMILES string of the molecule is O=C1NC[C@@H](COc2cccnc2)[C@]12CCN(c1ncc(F)cn1)C2. The van der Waals surface area contributed by atoms with E-state index < -0.39 is 11.2 Å². The Morgan fingerprint density at radius 3 is 2.96 bits per heavy atom. The minimum atomic E-state index is -0.528. The van der Waals surface area contributed by atoms with E-state index in [9.17, 15) is 9.18 Å². The average Bonchev–Trinajstić information content (AvgIpc) is 3.21. The predicted octanol–water partition coefficient (Wildman–Crippen LogP) is 1.03. The molecule has 2 aliphatic heterocycles. The molecule has 4 rings (SSSR count). The third kappa shape index (κ3) is 2.88. The molecule has 25 heavy (non-hydrogen) atoms. The lowest BCUT2D eigenvalue weighted by atomic mass is 9.77. The summed E-state index contributed by atoms with van der Waals surface area (Å²) in [6.45, 7) is 2.17. The molecule has 8 heteroatoms. The van der Waals surface area contributed by atoms with Crippen LogP contribution in [0.5, 0.6) is 5.75 Å². The van der Waals surface area contributed by atoms with Crippen LogP contribution < -0.4 is 15.0 Å². The van der Waals surface area contributed by atoms with E-state index in [2.05, 4.69) is 20.3 Å². The highest BCUT2D eigenvalue weighted by Gasteiger charge is 2.54. The van der Waals surface area contributed by atoms with Crippen LogP contribution in [0.3, 0.4) is 0 Å². The molecule has 0 radical (unpaired) electrons. The van der Waals surface area contributed by atoms with Crippen LogP contribution in [0.1, 0.15) is 6.42 Å². The lowest BCUT2D eigenvalue weighted by Gasteiger charge is -2.28. The number of nitrogens with one attached hydrogen (secondary N) is 1. The molecular formula is C17H18FN5O2. The Balaban J connectivity index is 1.48. The zero-order chi connectivity index (χ0) is 17.3. The summed E-state index contributed by atoms with van der Waals surface area (Å²) in [5.74, 6) is 0.750. The quantitative estimate of drug-likeness (QED) is 0.893. The first kappa shape index (κ1) is 15.7. The molecule has 7 nitrogen and oxygen atoms in total. The fourth-order valence-electron chi connectivity index (χ4n) is 3.61. The van der Waals surface area contributed by atoms with Gasteiger partial charge in [-0.1, -0.05) is 0 Å². The number of halogens is 1. The van der Waals surface area contributed by atoms with Gasteiger partial charge < -0.3 is 15.0 Å². The molecule has 1 spiro atoms. The van der Waals surface area contributed by atoms with E-state index in [1.165, 1.54) is 0 Å². The second kappa shape index (κ2) is 6.27. The number of amides is 1. The number of pyridine rings is 1. The van der Waals surface area contributed by atoms with E-state index in [0.29, 0.717) is 44.4 Å². The Hall–Kier alpha value is -2.77. The van der Waals surface area contributed by atoms with Crippen LogP contribution in [0.25, 0.3) is 0 Å². The summed E-state index contributed by atoms with van der Waals surface area (Å²) in [4.78, 5) is 26.6. The fourth-order valence-corrected chi connectivity index (χ4v) is 3.61. The zero-order valence-corrected chi connectivity index (χ0v) is 13.6. The van der Waals surface area contributed by atoms with Crippen molar-refractivity contribution in [3.8, 4) is 5.75 Å². The summed E-state index contributed by atoms with van der Waals surface area (Å²) in [6, 6.07) is 3.66. The second-order valence-corrected chi connectivity index (χ2v) is 6.44. The van der Waals surface area contributed by atoms with Gasteiger partial charge in [0.2, 0.25) is 11.9 Å². The van der Waals surface area contributed by atoms with Gasteiger partial charge in [0.25, 0.3) is 0 Å². The maximum Gasteiger partial charge on any atom is 0.228 e. The zero-order valence-electron chi connectivity index (χ0n) is 13.6. The monoisotopic (exact) mass is 343 g/mol. The number of ether oxygens (including phenoxy) is 1. The van der Waals surface area contributed by atoms with Gasteiger partial charge in [0.1, 0.15) is 5.75 Å². The molecule has 2 atom stereocenters. The van der Waals surface area contributed by atoms with Gasteiger partial charge in [-0.25, -0.2) is 14.4 Å². The van der Waals surface area contributed by atoms with Gasteiger partial charge >= 0.3 is 0 Å². The van der Waals surface area contributed by atoms with E-state index in [1.54, 1.807) is 12.4 Å². The van der Waals surface area contributed by atoms with Crippen molar-refractivity contribution in [1.29, 1.82) is 0 Å². The Labute approximate surface area is 144 Å². The van der Waals surface area contributed by atoms with Crippen LogP contribution in [0.4, 0.5) is 10.3 Å². The molecule has 0 aromatic carbocycles.